The minimum absolute atomic E-state index is 0.301. The van der Waals surface area contributed by atoms with Crippen molar-refractivity contribution < 1.29 is 19.1 Å². The predicted octanol–water partition coefficient (Wildman–Crippen LogP) is 2.36. The second kappa shape index (κ2) is 8.24. The van der Waals surface area contributed by atoms with E-state index in [4.69, 9.17) is 21.1 Å². The Morgan fingerprint density at radius 2 is 1.96 bits per heavy atom. The van der Waals surface area contributed by atoms with Crippen LogP contribution in [0, 0.1) is 0 Å². The Bertz CT molecular complexity index is 641. The van der Waals surface area contributed by atoms with Crippen molar-refractivity contribution in [3.8, 4) is 5.75 Å². The summed E-state index contributed by atoms with van der Waals surface area (Å²) < 4.78 is 10.4. The van der Waals surface area contributed by atoms with E-state index in [0.717, 1.165) is 0 Å². The van der Waals surface area contributed by atoms with Crippen LogP contribution in [0.4, 0.5) is 0 Å². The molecular formula is C16H17ClN2O4. The molecular weight excluding hydrogens is 320 g/mol. The lowest BCUT2D eigenvalue weighted by Gasteiger charge is -2.17. The summed E-state index contributed by atoms with van der Waals surface area (Å²) in [5.41, 5.74) is 0.312. The minimum atomic E-state index is -0.561. The molecule has 7 heteroatoms. The van der Waals surface area contributed by atoms with Gasteiger partial charge in [-0.25, -0.2) is 4.79 Å². The van der Waals surface area contributed by atoms with Crippen molar-refractivity contribution >= 4 is 23.5 Å². The van der Waals surface area contributed by atoms with Gasteiger partial charge in [0.15, 0.2) is 6.61 Å². The van der Waals surface area contributed by atoms with Crippen LogP contribution in [-0.2, 0) is 9.53 Å². The lowest BCUT2D eigenvalue weighted by atomic mass is 10.3. The molecule has 122 valence electrons. The number of aromatic nitrogens is 1. The number of aromatic amines is 1. The number of carbonyl (C=O) groups is 2. The summed E-state index contributed by atoms with van der Waals surface area (Å²) in [6.45, 7) is 0.394. The molecule has 0 saturated carbocycles. The third kappa shape index (κ3) is 5.34. The lowest BCUT2D eigenvalue weighted by Crippen LogP contribution is -2.34. The van der Waals surface area contributed by atoms with Gasteiger partial charge < -0.3 is 19.4 Å². The van der Waals surface area contributed by atoms with Crippen LogP contribution in [0.1, 0.15) is 10.5 Å². The fourth-order valence-electron chi connectivity index (χ4n) is 1.73. The maximum atomic E-state index is 11.9. The van der Waals surface area contributed by atoms with Crippen LogP contribution >= 0.6 is 11.6 Å². The second-order valence-corrected chi connectivity index (χ2v) is 5.21. The Labute approximate surface area is 139 Å². The largest absolute Gasteiger partial charge is 0.492 e. The molecule has 1 aromatic carbocycles. The van der Waals surface area contributed by atoms with Crippen molar-refractivity contribution in [1.82, 2.24) is 9.88 Å². The standard InChI is InChI=1S/C16H17ClN2O4/c1-19(9-10-22-13-6-4-12(17)5-7-13)15(20)11-23-16(21)14-3-2-8-18-14/h2-8,18H,9-11H2,1H3. The zero-order chi connectivity index (χ0) is 16.7. The summed E-state index contributed by atoms with van der Waals surface area (Å²) in [6.07, 6.45) is 1.61. The molecule has 0 radical (unpaired) electrons. The number of carbonyl (C=O) groups excluding carboxylic acids is 2. The zero-order valence-electron chi connectivity index (χ0n) is 12.6. The number of hydrogen-bond donors (Lipinski definition) is 1. The van der Waals surface area contributed by atoms with E-state index in [9.17, 15) is 9.59 Å². The van der Waals surface area contributed by atoms with E-state index in [-0.39, 0.29) is 12.5 Å². The Hall–Kier alpha value is -2.47. The highest BCUT2D eigenvalue weighted by atomic mass is 35.5. The average Bonchev–Trinajstić information content (AvgIpc) is 3.08. The van der Waals surface area contributed by atoms with E-state index in [2.05, 4.69) is 4.98 Å². The summed E-state index contributed by atoms with van der Waals surface area (Å²) in [5, 5.41) is 0.633. The van der Waals surface area contributed by atoms with E-state index in [1.165, 1.54) is 4.90 Å². The van der Waals surface area contributed by atoms with Gasteiger partial charge in [-0.1, -0.05) is 11.6 Å². The third-order valence-corrected chi connectivity index (χ3v) is 3.33. The molecule has 0 atom stereocenters. The van der Waals surface area contributed by atoms with Gasteiger partial charge in [0, 0.05) is 18.3 Å². The van der Waals surface area contributed by atoms with Crippen LogP contribution in [0.2, 0.25) is 5.02 Å². The number of benzene rings is 1. The van der Waals surface area contributed by atoms with E-state index < -0.39 is 5.97 Å². The van der Waals surface area contributed by atoms with Crippen LogP contribution in [0.3, 0.4) is 0 Å². The Balaban J connectivity index is 1.68. The first-order chi connectivity index (χ1) is 11.1. The molecule has 0 unspecified atom stereocenters. The summed E-state index contributed by atoms with van der Waals surface area (Å²) in [4.78, 5) is 27.6. The van der Waals surface area contributed by atoms with Crippen molar-refractivity contribution in [1.29, 1.82) is 0 Å². The quantitative estimate of drug-likeness (QED) is 0.788. The number of likely N-dealkylation sites (N-methyl/N-ethyl adjacent to an activating group) is 1. The van der Waals surface area contributed by atoms with Gasteiger partial charge in [-0.3, -0.25) is 4.79 Å². The smallest absolute Gasteiger partial charge is 0.355 e. The number of H-pyrrole nitrogens is 1. The van der Waals surface area contributed by atoms with Gasteiger partial charge >= 0.3 is 5.97 Å². The topological polar surface area (TPSA) is 71.6 Å². The molecule has 0 aliphatic rings. The molecule has 1 heterocycles. The highest BCUT2D eigenvalue weighted by Crippen LogP contribution is 2.15. The number of esters is 1. The molecule has 1 N–H and O–H groups in total. The van der Waals surface area contributed by atoms with Crippen LogP contribution in [0.15, 0.2) is 42.6 Å². The van der Waals surface area contributed by atoms with Gasteiger partial charge in [0.1, 0.15) is 18.1 Å². The van der Waals surface area contributed by atoms with E-state index in [1.54, 1.807) is 49.6 Å². The van der Waals surface area contributed by atoms with E-state index >= 15 is 0 Å². The maximum Gasteiger partial charge on any atom is 0.355 e. The fraction of sp³-hybridized carbons (Fsp3) is 0.250. The number of halogens is 1. The molecule has 0 spiro atoms. The molecule has 23 heavy (non-hydrogen) atoms. The summed E-state index contributed by atoms with van der Waals surface area (Å²) >= 11 is 5.78. The number of hydrogen-bond acceptors (Lipinski definition) is 4. The van der Waals surface area contributed by atoms with Gasteiger partial charge in [0.2, 0.25) is 0 Å². The summed E-state index contributed by atoms with van der Waals surface area (Å²) in [6, 6.07) is 10.2. The fourth-order valence-corrected chi connectivity index (χ4v) is 1.85. The first-order valence-electron chi connectivity index (χ1n) is 6.99. The van der Waals surface area contributed by atoms with Crippen LogP contribution in [0.5, 0.6) is 5.75 Å². The molecule has 2 rings (SSSR count). The molecule has 0 aliphatic heterocycles. The van der Waals surface area contributed by atoms with E-state index in [0.29, 0.717) is 29.6 Å². The number of ether oxygens (including phenoxy) is 2. The van der Waals surface area contributed by atoms with Crippen LogP contribution in [-0.4, -0.2) is 48.6 Å². The van der Waals surface area contributed by atoms with Crippen LogP contribution < -0.4 is 4.74 Å². The van der Waals surface area contributed by atoms with E-state index in [1.807, 2.05) is 0 Å². The molecule has 0 bridgehead atoms. The van der Waals surface area contributed by atoms with Crippen LogP contribution in [0.25, 0.3) is 0 Å². The van der Waals surface area contributed by atoms with Crippen molar-refractivity contribution in [2.75, 3.05) is 26.8 Å². The van der Waals surface area contributed by atoms with Gasteiger partial charge in [-0.2, -0.15) is 0 Å². The average molecular weight is 337 g/mol. The Morgan fingerprint density at radius 1 is 1.22 bits per heavy atom. The highest BCUT2D eigenvalue weighted by Gasteiger charge is 2.13. The third-order valence-electron chi connectivity index (χ3n) is 3.08. The monoisotopic (exact) mass is 336 g/mol. The Morgan fingerprint density at radius 3 is 2.61 bits per heavy atom. The van der Waals surface area contributed by atoms with Crippen molar-refractivity contribution in [3.63, 3.8) is 0 Å². The SMILES string of the molecule is CN(CCOc1ccc(Cl)cc1)C(=O)COC(=O)c1ccc[nH]1. The van der Waals surface area contributed by atoms with Gasteiger partial charge in [0.25, 0.3) is 5.91 Å². The number of rotatable bonds is 7. The first kappa shape index (κ1) is 16.9. The predicted molar refractivity (Wildman–Crippen MR) is 85.7 cm³/mol. The normalized spacial score (nSPS) is 10.2. The number of nitrogens with one attached hydrogen (secondary N) is 1. The highest BCUT2D eigenvalue weighted by molar-refractivity contribution is 6.30. The Kier molecular flexibility index (Phi) is 6.05. The molecule has 0 saturated heterocycles. The van der Waals surface area contributed by atoms with Gasteiger partial charge in [-0.15, -0.1) is 0 Å². The van der Waals surface area contributed by atoms with Gasteiger partial charge in [0.05, 0.1) is 6.54 Å². The maximum absolute atomic E-state index is 11.9. The second-order valence-electron chi connectivity index (χ2n) is 4.78. The van der Waals surface area contributed by atoms with Gasteiger partial charge in [-0.05, 0) is 36.4 Å². The minimum Gasteiger partial charge on any atom is -0.492 e. The first-order valence-corrected chi connectivity index (χ1v) is 7.37. The molecule has 1 amide bonds. The van der Waals surface area contributed by atoms with Crippen molar-refractivity contribution in [2.24, 2.45) is 0 Å². The molecule has 6 nitrogen and oxygen atoms in total. The summed E-state index contributed by atoms with van der Waals surface area (Å²) in [7, 11) is 1.62. The number of amides is 1. The lowest BCUT2D eigenvalue weighted by molar-refractivity contribution is -0.133. The van der Waals surface area contributed by atoms with Crippen molar-refractivity contribution in [3.05, 3.63) is 53.3 Å². The molecule has 1 aromatic heterocycles. The summed E-state index contributed by atoms with van der Waals surface area (Å²) in [5.74, 6) is -0.188. The number of nitrogens with zero attached hydrogens (tertiary/aromatic N) is 1. The molecule has 2 aromatic rings. The molecule has 0 aliphatic carbocycles. The zero-order valence-corrected chi connectivity index (χ0v) is 13.4. The van der Waals surface area contributed by atoms with Crippen molar-refractivity contribution in [2.45, 2.75) is 0 Å². The molecule has 0 fully saturated rings.